The fraction of sp³-hybridized carbons (Fsp3) is 0.333. The van der Waals surface area contributed by atoms with E-state index >= 15 is 0 Å². The second-order valence-corrected chi connectivity index (χ2v) is 9.85. The van der Waals surface area contributed by atoms with Gasteiger partial charge < -0.3 is 10.1 Å². The Morgan fingerprint density at radius 3 is 2.79 bits per heavy atom. The van der Waals surface area contributed by atoms with Crippen LogP contribution in [0.25, 0.3) is 16.6 Å². The van der Waals surface area contributed by atoms with E-state index in [0.29, 0.717) is 24.7 Å². The van der Waals surface area contributed by atoms with Crippen LogP contribution in [0.3, 0.4) is 0 Å². The summed E-state index contributed by atoms with van der Waals surface area (Å²) in [6.07, 6.45) is 4.59. The van der Waals surface area contributed by atoms with Crippen molar-refractivity contribution in [2.24, 2.45) is 0 Å². The molecule has 0 saturated carbocycles. The first kappa shape index (κ1) is 25.2. The van der Waals surface area contributed by atoms with Gasteiger partial charge in [-0.15, -0.1) is 0 Å². The molecule has 0 bridgehead atoms. The normalized spacial score (nSPS) is 14.3. The second kappa shape index (κ2) is 11.3. The molecule has 0 spiro atoms. The van der Waals surface area contributed by atoms with Gasteiger partial charge in [0.2, 0.25) is 5.88 Å². The number of aryl methyl sites for hydroxylation is 1. The standard InChI is InChI=1S/C30H33N7O2/c1-2-24-30-22(19-27(38)26-20-32-28-10-3-4-14-36(26)28)7-5-9-25(30)37(34-24)21-23-8-6-11-29(33-23)39-18-17-35-15-12-31-13-16-35/h3-11,14,20,31H,2,12-13,15-19,21H2,1H3. The Bertz CT molecular complexity index is 1600. The molecule has 1 aliphatic heterocycles. The Hall–Kier alpha value is -4.08. The number of carbonyl (C=O) groups is 1. The molecular weight excluding hydrogens is 490 g/mol. The molecule has 0 aliphatic carbocycles. The van der Waals surface area contributed by atoms with Crippen molar-refractivity contribution in [1.29, 1.82) is 0 Å². The van der Waals surface area contributed by atoms with Gasteiger partial charge in [-0.1, -0.05) is 31.2 Å². The van der Waals surface area contributed by atoms with E-state index in [-0.39, 0.29) is 12.2 Å². The van der Waals surface area contributed by atoms with Crippen molar-refractivity contribution in [1.82, 2.24) is 34.4 Å². The number of aromatic nitrogens is 5. The summed E-state index contributed by atoms with van der Waals surface area (Å²) in [7, 11) is 0. The molecule has 4 aromatic heterocycles. The average Bonchev–Trinajstić information content (AvgIpc) is 3.56. The van der Waals surface area contributed by atoms with Gasteiger partial charge >= 0.3 is 0 Å². The summed E-state index contributed by atoms with van der Waals surface area (Å²) in [5.41, 5.74) is 5.20. The predicted octanol–water partition coefficient (Wildman–Crippen LogP) is 3.40. The van der Waals surface area contributed by atoms with E-state index in [1.807, 2.05) is 63.8 Å². The first-order chi connectivity index (χ1) is 19.2. The van der Waals surface area contributed by atoms with E-state index in [4.69, 9.17) is 14.8 Å². The van der Waals surface area contributed by atoms with E-state index < -0.39 is 0 Å². The van der Waals surface area contributed by atoms with Crippen LogP contribution in [0.4, 0.5) is 0 Å². The van der Waals surface area contributed by atoms with E-state index in [2.05, 4.69) is 28.2 Å². The zero-order valence-corrected chi connectivity index (χ0v) is 22.2. The van der Waals surface area contributed by atoms with Crippen LogP contribution in [0.2, 0.25) is 0 Å². The summed E-state index contributed by atoms with van der Waals surface area (Å²) in [6.45, 7) is 8.30. The number of rotatable bonds is 10. The number of ketones is 1. The Morgan fingerprint density at radius 2 is 1.92 bits per heavy atom. The average molecular weight is 524 g/mol. The van der Waals surface area contributed by atoms with Gasteiger partial charge in [0.05, 0.1) is 29.6 Å². The molecule has 1 N–H and O–H groups in total. The minimum absolute atomic E-state index is 0.0309. The SMILES string of the molecule is CCc1nn(Cc2cccc(OCCN3CCNCC3)n2)c2cccc(CC(=O)c3cnc4ccccn34)c12. The molecule has 0 atom stereocenters. The Balaban J connectivity index is 1.20. The third-order valence-corrected chi connectivity index (χ3v) is 7.29. The Labute approximate surface area is 227 Å². The highest BCUT2D eigenvalue weighted by molar-refractivity contribution is 5.99. The van der Waals surface area contributed by atoms with Crippen molar-refractivity contribution in [3.05, 3.63) is 89.6 Å². The van der Waals surface area contributed by atoms with Crippen LogP contribution >= 0.6 is 0 Å². The fourth-order valence-corrected chi connectivity index (χ4v) is 5.30. The Morgan fingerprint density at radius 1 is 1.05 bits per heavy atom. The smallest absolute Gasteiger partial charge is 0.213 e. The number of hydrogen-bond acceptors (Lipinski definition) is 7. The molecule has 5 aromatic rings. The number of ether oxygens (including phenoxy) is 1. The minimum Gasteiger partial charge on any atom is -0.476 e. The number of Topliss-reactive ketones (excluding diaryl/α,β-unsaturated/α-hetero) is 1. The molecule has 200 valence electrons. The molecular formula is C30H33N7O2. The second-order valence-electron chi connectivity index (χ2n) is 9.85. The zero-order valence-electron chi connectivity index (χ0n) is 22.2. The lowest BCUT2D eigenvalue weighted by molar-refractivity contribution is 0.0987. The van der Waals surface area contributed by atoms with E-state index in [1.165, 1.54) is 0 Å². The van der Waals surface area contributed by atoms with Crippen LogP contribution in [0.15, 0.2) is 67.0 Å². The number of piperazine rings is 1. The maximum atomic E-state index is 13.3. The van der Waals surface area contributed by atoms with Gasteiger partial charge in [-0.2, -0.15) is 5.10 Å². The van der Waals surface area contributed by atoms with Crippen molar-refractivity contribution in [3.63, 3.8) is 0 Å². The summed E-state index contributed by atoms with van der Waals surface area (Å²) < 4.78 is 9.82. The number of hydrogen-bond donors (Lipinski definition) is 1. The Kier molecular flexibility index (Phi) is 7.33. The van der Waals surface area contributed by atoms with Crippen LogP contribution in [0.5, 0.6) is 5.88 Å². The van der Waals surface area contributed by atoms with Crippen molar-refractivity contribution >= 4 is 22.3 Å². The van der Waals surface area contributed by atoms with Gasteiger partial charge in [0.1, 0.15) is 17.9 Å². The molecule has 1 saturated heterocycles. The minimum atomic E-state index is 0.0309. The van der Waals surface area contributed by atoms with Crippen molar-refractivity contribution in [3.8, 4) is 5.88 Å². The van der Waals surface area contributed by atoms with E-state index in [0.717, 1.165) is 72.6 Å². The number of fused-ring (bicyclic) bond motifs is 2. The molecule has 0 amide bonds. The summed E-state index contributed by atoms with van der Waals surface area (Å²) in [5.74, 6) is 0.664. The molecule has 1 aliphatic rings. The number of pyridine rings is 2. The highest BCUT2D eigenvalue weighted by Gasteiger charge is 2.18. The lowest BCUT2D eigenvalue weighted by Gasteiger charge is -2.26. The third-order valence-electron chi connectivity index (χ3n) is 7.29. The topological polar surface area (TPSA) is 89.6 Å². The van der Waals surface area contributed by atoms with Gasteiger partial charge in [0.25, 0.3) is 0 Å². The largest absolute Gasteiger partial charge is 0.476 e. The summed E-state index contributed by atoms with van der Waals surface area (Å²) in [6, 6.07) is 17.7. The van der Waals surface area contributed by atoms with Gasteiger partial charge in [-0.25, -0.2) is 9.97 Å². The first-order valence-corrected chi connectivity index (χ1v) is 13.6. The monoisotopic (exact) mass is 523 g/mol. The van der Waals surface area contributed by atoms with Crippen molar-refractivity contribution in [2.45, 2.75) is 26.3 Å². The van der Waals surface area contributed by atoms with E-state index in [1.54, 1.807) is 6.20 Å². The van der Waals surface area contributed by atoms with E-state index in [9.17, 15) is 4.79 Å². The molecule has 6 rings (SSSR count). The number of nitrogens with zero attached hydrogens (tertiary/aromatic N) is 6. The number of nitrogens with one attached hydrogen (secondary N) is 1. The van der Waals surface area contributed by atoms with Gasteiger partial charge in [-0.05, 0) is 36.2 Å². The highest BCUT2D eigenvalue weighted by atomic mass is 16.5. The summed E-state index contributed by atoms with van der Waals surface area (Å²) >= 11 is 0. The number of benzene rings is 1. The molecule has 9 nitrogen and oxygen atoms in total. The highest BCUT2D eigenvalue weighted by Crippen LogP contribution is 2.26. The van der Waals surface area contributed by atoms with Gasteiger partial charge in [0.15, 0.2) is 5.78 Å². The quantitative estimate of drug-likeness (QED) is 0.281. The van der Waals surface area contributed by atoms with Crippen LogP contribution in [0, 0.1) is 0 Å². The van der Waals surface area contributed by atoms with Crippen LogP contribution in [0.1, 0.15) is 34.4 Å². The third kappa shape index (κ3) is 5.41. The van der Waals surface area contributed by atoms with Crippen molar-refractivity contribution < 1.29 is 9.53 Å². The summed E-state index contributed by atoms with van der Waals surface area (Å²) in [5, 5.41) is 9.35. The van der Waals surface area contributed by atoms with Gasteiger partial charge in [-0.3, -0.25) is 18.8 Å². The first-order valence-electron chi connectivity index (χ1n) is 13.6. The lowest BCUT2D eigenvalue weighted by atomic mass is 10.0. The van der Waals surface area contributed by atoms with Crippen LogP contribution < -0.4 is 10.1 Å². The zero-order chi connectivity index (χ0) is 26.6. The molecule has 1 aromatic carbocycles. The predicted molar refractivity (Wildman–Crippen MR) is 150 cm³/mol. The van der Waals surface area contributed by atoms with Crippen LogP contribution in [-0.2, 0) is 19.4 Å². The molecule has 1 fully saturated rings. The summed E-state index contributed by atoms with van der Waals surface area (Å²) in [4.78, 5) is 24.9. The fourth-order valence-electron chi connectivity index (χ4n) is 5.30. The molecule has 0 radical (unpaired) electrons. The van der Waals surface area contributed by atoms with Crippen LogP contribution in [-0.4, -0.2) is 74.2 Å². The number of carbonyl (C=O) groups excluding carboxylic acids is 1. The molecule has 0 unspecified atom stereocenters. The number of imidazole rings is 1. The lowest BCUT2D eigenvalue weighted by Crippen LogP contribution is -2.44. The molecule has 5 heterocycles. The maximum Gasteiger partial charge on any atom is 0.213 e. The molecule has 9 heteroatoms. The van der Waals surface area contributed by atoms with Crippen molar-refractivity contribution in [2.75, 3.05) is 39.3 Å². The van der Waals surface area contributed by atoms with Gasteiger partial charge in [0, 0.05) is 56.8 Å². The molecule has 39 heavy (non-hydrogen) atoms. The maximum absolute atomic E-state index is 13.3.